The van der Waals surface area contributed by atoms with Gasteiger partial charge in [0.05, 0.1) is 0 Å². The van der Waals surface area contributed by atoms with Crippen LogP contribution in [0, 0.1) is 5.41 Å². The Morgan fingerprint density at radius 3 is 2.92 bits per heavy atom. The van der Waals surface area contributed by atoms with Crippen molar-refractivity contribution in [3.8, 4) is 0 Å². The molecule has 62 valence electrons. The fraction of sp³-hybridized carbons (Fsp3) is 0. The van der Waals surface area contributed by atoms with Crippen LogP contribution >= 0.6 is 11.6 Å². The molecule has 1 heterocycles. The zero-order chi connectivity index (χ0) is 8.97. The summed E-state index contributed by atoms with van der Waals surface area (Å²) in [4.78, 5) is 3.86. The number of hydrogen-bond acceptors (Lipinski definition) is 3. The van der Waals surface area contributed by atoms with E-state index in [1.807, 2.05) is 0 Å². The van der Waals surface area contributed by atoms with Gasteiger partial charge in [0.2, 0.25) is 0 Å². The minimum absolute atomic E-state index is 0.359. The summed E-state index contributed by atoms with van der Waals surface area (Å²) in [6, 6.07) is 3.51. The Labute approximate surface area is 75.4 Å². The first kappa shape index (κ1) is 8.74. The van der Waals surface area contributed by atoms with E-state index in [4.69, 9.17) is 22.7 Å². The molecule has 0 aliphatic heterocycles. The van der Waals surface area contributed by atoms with Crippen LogP contribution in [-0.2, 0) is 0 Å². The van der Waals surface area contributed by atoms with Gasteiger partial charge in [-0.2, -0.15) is 0 Å². The van der Waals surface area contributed by atoms with Crippen molar-refractivity contribution in [1.29, 1.82) is 5.41 Å². The van der Waals surface area contributed by atoms with Crippen molar-refractivity contribution < 1.29 is 0 Å². The molecule has 0 spiro atoms. The second-order valence-corrected chi connectivity index (χ2v) is 2.47. The van der Waals surface area contributed by atoms with Crippen LogP contribution in [0.3, 0.4) is 0 Å². The molecule has 0 bridgehead atoms. The lowest BCUT2D eigenvalue weighted by Crippen LogP contribution is -1.92. The quantitative estimate of drug-likeness (QED) is 0.539. The number of hydrogen-bond donors (Lipinski definition) is 2. The van der Waals surface area contributed by atoms with Crippen molar-refractivity contribution in [2.45, 2.75) is 0 Å². The third-order valence-electron chi connectivity index (χ3n) is 1.41. The van der Waals surface area contributed by atoms with E-state index in [9.17, 15) is 0 Å². The molecule has 3 N–H and O–H groups in total. The molecule has 0 aliphatic rings. The molecule has 1 rings (SSSR count). The van der Waals surface area contributed by atoms with E-state index >= 15 is 0 Å². The van der Waals surface area contributed by atoms with Gasteiger partial charge in [-0.1, -0.05) is 11.6 Å². The summed E-state index contributed by atoms with van der Waals surface area (Å²) in [5.41, 5.74) is 6.53. The maximum Gasteiger partial charge on any atom is 0.136 e. The van der Waals surface area contributed by atoms with E-state index in [-0.39, 0.29) is 0 Å². The predicted octanol–water partition coefficient (Wildman–Crippen LogP) is 1.68. The number of rotatable bonds is 2. The molecule has 0 amide bonds. The fourth-order valence-electron chi connectivity index (χ4n) is 0.817. The number of halogens is 1. The average molecular weight is 182 g/mol. The topological polar surface area (TPSA) is 62.8 Å². The largest absolute Gasteiger partial charge is 0.404 e. The molecule has 3 nitrogen and oxygen atoms in total. The second-order valence-electron chi connectivity index (χ2n) is 2.11. The Kier molecular flexibility index (Phi) is 2.82. The molecule has 1 aromatic heterocycles. The molecule has 0 aromatic carbocycles. The summed E-state index contributed by atoms with van der Waals surface area (Å²) in [6.45, 7) is 0. The Bertz CT molecular complexity index is 320. The SMILES string of the molecule is N=C/C(=C\N)c1cccnc1Cl. The summed E-state index contributed by atoms with van der Waals surface area (Å²) in [7, 11) is 0. The Morgan fingerprint density at radius 2 is 2.42 bits per heavy atom. The highest BCUT2D eigenvalue weighted by Crippen LogP contribution is 2.18. The molecule has 0 radical (unpaired) electrons. The monoisotopic (exact) mass is 181 g/mol. The third-order valence-corrected chi connectivity index (χ3v) is 1.71. The lowest BCUT2D eigenvalue weighted by Gasteiger charge is -2.00. The van der Waals surface area contributed by atoms with E-state index in [0.717, 1.165) is 6.21 Å². The van der Waals surface area contributed by atoms with Crippen LogP contribution in [0.5, 0.6) is 0 Å². The summed E-state index contributed by atoms with van der Waals surface area (Å²) >= 11 is 5.77. The van der Waals surface area contributed by atoms with E-state index in [2.05, 4.69) is 4.98 Å². The van der Waals surface area contributed by atoms with Crippen LogP contribution in [0.2, 0.25) is 5.15 Å². The van der Waals surface area contributed by atoms with Gasteiger partial charge in [0.25, 0.3) is 0 Å². The Balaban J connectivity index is 3.18. The maximum absolute atomic E-state index is 7.03. The number of pyridine rings is 1. The summed E-state index contributed by atoms with van der Waals surface area (Å²) in [5, 5.41) is 7.39. The summed E-state index contributed by atoms with van der Waals surface area (Å²) in [5.74, 6) is 0. The predicted molar refractivity (Wildman–Crippen MR) is 50.2 cm³/mol. The highest BCUT2D eigenvalue weighted by molar-refractivity contribution is 6.32. The standard InChI is InChI=1S/C8H8ClN3/c9-8-7(2-1-3-12-8)6(4-10)5-11/h1-5,10H,11H2/b6-5+,10-4?. The summed E-state index contributed by atoms with van der Waals surface area (Å²) in [6.07, 6.45) is 4.06. The van der Waals surface area contributed by atoms with Gasteiger partial charge < -0.3 is 11.1 Å². The minimum atomic E-state index is 0.359. The smallest absolute Gasteiger partial charge is 0.136 e. The first-order valence-electron chi connectivity index (χ1n) is 3.33. The van der Waals surface area contributed by atoms with E-state index in [0.29, 0.717) is 16.3 Å². The van der Waals surface area contributed by atoms with Gasteiger partial charge in [-0.25, -0.2) is 4.98 Å². The van der Waals surface area contributed by atoms with Crippen molar-refractivity contribution in [2.24, 2.45) is 5.73 Å². The molecule has 0 fully saturated rings. The first-order chi connectivity index (χ1) is 5.79. The number of nitrogens with zero attached hydrogens (tertiary/aromatic N) is 1. The van der Waals surface area contributed by atoms with Gasteiger partial charge in [-0.05, 0) is 12.1 Å². The van der Waals surface area contributed by atoms with Crippen molar-refractivity contribution in [3.63, 3.8) is 0 Å². The number of nitrogens with two attached hydrogens (primary N) is 1. The molecular formula is C8H8ClN3. The second kappa shape index (κ2) is 3.88. The molecular weight excluding hydrogens is 174 g/mol. The number of aromatic nitrogens is 1. The Hall–Kier alpha value is -1.35. The molecule has 0 atom stereocenters. The highest BCUT2D eigenvalue weighted by atomic mass is 35.5. The molecule has 4 heteroatoms. The zero-order valence-corrected chi connectivity index (χ0v) is 7.05. The van der Waals surface area contributed by atoms with Crippen LogP contribution in [0.25, 0.3) is 5.57 Å². The van der Waals surface area contributed by atoms with E-state index in [1.54, 1.807) is 18.3 Å². The molecule has 0 saturated carbocycles. The lowest BCUT2D eigenvalue weighted by molar-refractivity contribution is 1.31. The normalized spacial score (nSPS) is 11.2. The van der Waals surface area contributed by atoms with Crippen LogP contribution in [0.1, 0.15) is 5.56 Å². The molecule has 0 saturated heterocycles. The van der Waals surface area contributed by atoms with Crippen molar-refractivity contribution in [3.05, 3.63) is 35.2 Å². The van der Waals surface area contributed by atoms with E-state index in [1.165, 1.54) is 6.20 Å². The van der Waals surface area contributed by atoms with Crippen LogP contribution in [0.4, 0.5) is 0 Å². The van der Waals surface area contributed by atoms with Gasteiger partial charge >= 0.3 is 0 Å². The molecule has 0 aliphatic carbocycles. The minimum Gasteiger partial charge on any atom is -0.404 e. The molecule has 12 heavy (non-hydrogen) atoms. The average Bonchev–Trinajstić information content (AvgIpc) is 2.10. The van der Waals surface area contributed by atoms with Crippen LogP contribution in [0.15, 0.2) is 24.5 Å². The van der Waals surface area contributed by atoms with Crippen molar-refractivity contribution in [1.82, 2.24) is 4.98 Å². The zero-order valence-electron chi connectivity index (χ0n) is 6.29. The van der Waals surface area contributed by atoms with Gasteiger partial charge in [-0.3, -0.25) is 0 Å². The molecule has 0 unspecified atom stereocenters. The highest BCUT2D eigenvalue weighted by Gasteiger charge is 2.02. The van der Waals surface area contributed by atoms with Crippen LogP contribution in [-0.4, -0.2) is 11.2 Å². The van der Waals surface area contributed by atoms with Crippen LogP contribution < -0.4 is 5.73 Å². The van der Waals surface area contributed by atoms with Crippen molar-refractivity contribution in [2.75, 3.05) is 0 Å². The Morgan fingerprint density at radius 1 is 1.67 bits per heavy atom. The number of nitrogens with one attached hydrogen (secondary N) is 1. The van der Waals surface area contributed by atoms with Gasteiger partial charge in [0.15, 0.2) is 0 Å². The lowest BCUT2D eigenvalue weighted by atomic mass is 10.1. The van der Waals surface area contributed by atoms with Crippen molar-refractivity contribution >= 4 is 23.4 Å². The molecule has 1 aromatic rings. The van der Waals surface area contributed by atoms with Gasteiger partial charge in [0, 0.05) is 29.7 Å². The summed E-state index contributed by atoms with van der Waals surface area (Å²) < 4.78 is 0. The first-order valence-corrected chi connectivity index (χ1v) is 3.70. The van der Waals surface area contributed by atoms with E-state index < -0.39 is 0 Å². The van der Waals surface area contributed by atoms with Gasteiger partial charge in [0.1, 0.15) is 5.15 Å². The van der Waals surface area contributed by atoms with Gasteiger partial charge in [-0.15, -0.1) is 0 Å². The fourth-order valence-corrected chi connectivity index (χ4v) is 1.05. The number of allylic oxidation sites excluding steroid dienone is 1. The third kappa shape index (κ3) is 1.62. The maximum atomic E-state index is 7.03.